The molecule has 0 unspecified atom stereocenters. The fraction of sp³-hybridized carbons (Fsp3) is 0.750. The fourth-order valence-electron chi connectivity index (χ4n) is 1.18. The van der Waals surface area contributed by atoms with Gasteiger partial charge in [0, 0.05) is 19.6 Å². The van der Waals surface area contributed by atoms with Gasteiger partial charge in [0.15, 0.2) is 0 Å². The average molecular weight is 179 g/mol. The first-order valence-corrected chi connectivity index (χ1v) is 4.02. The van der Waals surface area contributed by atoms with Crippen LogP contribution in [0.3, 0.4) is 0 Å². The maximum absolute atomic E-state index is 11.8. The van der Waals surface area contributed by atoms with Crippen molar-refractivity contribution in [1.29, 1.82) is 0 Å². The largest absolute Gasteiger partial charge is 0.390 e. The Morgan fingerprint density at radius 3 is 2.50 bits per heavy atom. The number of halogens is 3. The van der Waals surface area contributed by atoms with Crippen molar-refractivity contribution in [2.24, 2.45) is 0 Å². The van der Waals surface area contributed by atoms with E-state index in [1.54, 1.807) is 0 Å². The number of alkyl halides is 3. The minimum absolute atomic E-state index is 0.133. The highest BCUT2D eigenvalue weighted by Gasteiger charge is 2.27. The second-order valence-electron chi connectivity index (χ2n) is 2.93. The highest BCUT2D eigenvalue weighted by molar-refractivity contribution is 4.90. The van der Waals surface area contributed by atoms with Crippen LogP contribution in [0.2, 0.25) is 0 Å². The van der Waals surface area contributed by atoms with Crippen LogP contribution in [0.1, 0.15) is 12.8 Å². The van der Waals surface area contributed by atoms with Crippen LogP contribution in [0.5, 0.6) is 0 Å². The lowest BCUT2D eigenvalue weighted by Gasteiger charge is -2.23. The van der Waals surface area contributed by atoms with Crippen LogP contribution in [-0.4, -0.2) is 30.7 Å². The van der Waals surface area contributed by atoms with E-state index in [0.717, 1.165) is 13.0 Å². The molecular formula is C8H12F3N. The molecule has 4 heteroatoms. The summed E-state index contributed by atoms with van der Waals surface area (Å²) in [5.74, 6) is 0. The summed E-state index contributed by atoms with van der Waals surface area (Å²) in [7, 11) is 0. The Balaban J connectivity index is 2.19. The topological polar surface area (TPSA) is 3.24 Å². The maximum Gasteiger partial charge on any atom is 0.390 e. The standard InChI is InChI=1S/C8H12F3N/c9-8(10,11)4-7-12-5-2-1-3-6-12/h1-2H,3-7H2. The van der Waals surface area contributed by atoms with Gasteiger partial charge in [0.2, 0.25) is 0 Å². The summed E-state index contributed by atoms with van der Waals surface area (Å²) in [6, 6.07) is 0. The van der Waals surface area contributed by atoms with E-state index < -0.39 is 12.6 Å². The third-order valence-corrected chi connectivity index (χ3v) is 1.85. The quantitative estimate of drug-likeness (QED) is 0.587. The molecule has 0 saturated heterocycles. The van der Waals surface area contributed by atoms with Gasteiger partial charge in [-0.1, -0.05) is 12.2 Å². The van der Waals surface area contributed by atoms with Crippen LogP contribution >= 0.6 is 0 Å². The zero-order valence-electron chi connectivity index (χ0n) is 6.77. The van der Waals surface area contributed by atoms with E-state index in [2.05, 4.69) is 0 Å². The van der Waals surface area contributed by atoms with Crippen LogP contribution in [0.15, 0.2) is 12.2 Å². The van der Waals surface area contributed by atoms with Crippen LogP contribution in [0, 0.1) is 0 Å². The minimum Gasteiger partial charge on any atom is -0.299 e. The van der Waals surface area contributed by atoms with E-state index in [4.69, 9.17) is 0 Å². The van der Waals surface area contributed by atoms with Gasteiger partial charge < -0.3 is 0 Å². The lowest BCUT2D eigenvalue weighted by molar-refractivity contribution is -0.137. The van der Waals surface area contributed by atoms with Gasteiger partial charge in [-0.05, 0) is 6.42 Å². The van der Waals surface area contributed by atoms with Gasteiger partial charge in [-0.3, -0.25) is 4.90 Å². The Bertz CT molecular complexity index is 162. The van der Waals surface area contributed by atoms with Gasteiger partial charge in [0.05, 0.1) is 6.42 Å². The lowest BCUT2D eigenvalue weighted by atomic mass is 10.2. The predicted octanol–water partition coefficient (Wildman–Crippen LogP) is 2.20. The SMILES string of the molecule is FC(F)(F)CCN1CC=CCC1. The van der Waals surface area contributed by atoms with Gasteiger partial charge in [-0.2, -0.15) is 13.2 Å². The maximum atomic E-state index is 11.8. The number of nitrogens with zero attached hydrogens (tertiary/aromatic N) is 1. The summed E-state index contributed by atoms with van der Waals surface area (Å²) in [5.41, 5.74) is 0. The van der Waals surface area contributed by atoms with Crippen LogP contribution in [-0.2, 0) is 0 Å². The molecule has 0 radical (unpaired) electrons. The molecule has 1 aliphatic rings. The molecule has 1 rings (SSSR count). The Labute approximate surface area is 69.9 Å². The van der Waals surface area contributed by atoms with E-state index >= 15 is 0 Å². The highest BCUT2D eigenvalue weighted by atomic mass is 19.4. The second kappa shape index (κ2) is 3.94. The van der Waals surface area contributed by atoms with E-state index in [0.29, 0.717) is 6.54 Å². The first-order chi connectivity index (χ1) is 5.58. The van der Waals surface area contributed by atoms with Crippen molar-refractivity contribution in [3.8, 4) is 0 Å². The molecule has 0 aromatic heterocycles. The first-order valence-electron chi connectivity index (χ1n) is 4.02. The minimum atomic E-state index is -4.01. The third kappa shape index (κ3) is 3.76. The molecule has 0 bridgehead atoms. The normalized spacial score (nSPS) is 19.9. The van der Waals surface area contributed by atoms with Gasteiger partial charge in [-0.15, -0.1) is 0 Å². The Kier molecular flexibility index (Phi) is 3.14. The molecule has 70 valence electrons. The van der Waals surface area contributed by atoms with E-state index in [-0.39, 0.29) is 6.54 Å². The van der Waals surface area contributed by atoms with E-state index in [1.807, 2.05) is 17.1 Å². The zero-order valence-corrected chi connectivity index (χ0v) is 6.77. The highest BCUT2D eigenvalue weighted by Crippen LogP contribution is 2.20. The molecule has 0 atom stereocenters. The average Bonchev–Trinajstić information content (AvgIpc) is 2.02. The van der Waals surface area contributed by atoms with Crippen LogP contribution in [0.4, 0.5) is 13.2 Å². The van der Waals surface area contributed by atoms with E-state index in [9.17, 15) is 13.2 Å². The van der Waals surface area contributed by atoms with Gasteiger partial charge in [0.25, 0.3) is 0 Å². The lowest BCUT2D eigenvalue weighted by Crippen LogP contribution is -2.30. The van der Waals surface area contributed by atoms with Crippen LogP contribution in [0.25, 0.3) is 0 Å². The van der Waals surface area contributed by atoms with Crippen molar-refractivity contribution in [2.75, 3.05) is 19.6 Å². The molecule has 1 nitrogen and oxygen atoms in total. The van der Waals surface area contributed by atoms with Gasteiger partial charge in [0.1, 0.15) is 0 Å². The second-order valence-corrected chi connectivity index (χ2v) is 2.93. The Hall–Kier alpha value is -0.510. The number of hydrogen-bond acceptors (Lipinski definition) is 1. The molecule has 0 saturated carbocycles. The fourth-order valence-corrected chi connectivity index (χ4v) is 1.18. The summed E-state index contributed by atoms with van der Waals surface area (Å²) in [4.78, 5) is 1.81. The molecule has 1 aliphatic heterocycles. The summed E-state index contributed by atoms with van der Waals surface area (Å²) in [5, 5.41) is 0. The monoisotopic (exact) mass is 179 g/mol. The molecule has 0 amide bonds. The van der Waals surface area contributed by atoms with Crippen molar-refractivity contribution < 1.29 is 13.2 Å². The van der Waals surface area contributed by atoms with Gasteiger partial charge >= 0.3 is 6.18 Å². The number of rotatable bonds is 2. The molecule has 0 fully saturated rings. The summed E-state index contributed by atoms with van der Waals surface area (Å²) in [6.45, 7) is 1.55. The van der Waals surface area contributed by atoms with Crippen LogP contribution < -0.4 is 0 Å². The third-order valence-electron chi connectivity index (χ3n) is 1.85. The molecule has 0 aromatic carbocycles. The molecule has 0 aliphatic carbocycles. The molecule has 0 aromatic rings. The summed E-state index contributed by atoms with van der Waals surface area (Å²) < 4.78 is 35.3. The number of hydrogen-bond donors (Lipinski definition) is 0. The van der Waals surface area contributed by atoms with E-state index in [1.165, 1.54) is 0 Å². The Morgan fingerprint density at radius 1 is 1.25 bits per heavy atom. The molecule has 0 spiro atoms. The zero-order chi connectivity index (χ0) is 9.03. The molecule has 0 N–H and O–H groups in total. The first kappa shape index (κ1) is 9.58. The smallest absolute Gasteiger partial charge is 0.299 e. The Morgan fingerprint density at radius 2 is 2.00 bits per heavy atom. The molecule has 1 heterocycles. The molecular weight excluding hydrogens is 167 g/mol. The summed E-state index contributed by atoms with van der Waals surface area (Å²) >= 11 is 0. The van der Waals surface area contributed by atoms with Crippen molar-refractivity contribution in [1.82, 2.24) is 4.90 Å². The molecule has 12 heavy (non-hydrogen) atoms. The van der Waals surface area contributed by atoms with Gasteiger partial charge in [-0.25, -0.2) is 0 Å². The van der Waals surface area contributed by atoms with Crippen molar-refractivity contribution in [2.45, 2.75) is 19.0 Å². The van der Waals surface area contributed by atoms with Crippen molar-refractivity contribution in [3.05, 3.63) is 12.2 Å². The van der Waals surface area contributed by atoms with Crippen molar-refractivity contribution in [3.63, 3.8) is 0 Å². The summed E-state index contributed by atoms with van der Waals surface area (Å²) in [6.07, 6.45) is 0.0871. The van der Waals surface area contributed by atoms with Crippen molar-refractivity contribution >= 4 is 0 Å². The predicted molar refractivity (Wildman–Crippen MR) is 40.9 cm³/mol.